The fraction of sp³-hybridized carbons (Fsp3) is 0.391. The van der Waals surface area contributed by atoms with E-state index >= 15 is 0 Å². The van der Waals surface area contributed by atoms with Crippen LogP contribution in [0, 0.1) is 5.82 Å². The van der Waals surface area contributed by atoms with Gasteiger partial charge >= 0.3 is 12.1 Å². The summed E-state index contributed by atoms with van der Waals surface area (Å²) >= 11 is 0. The Morgan fingerprint density at radius 3 is 2.50 bits per heavy atom. The van der Waals surface area contributed by atoms with E-state index in [0.717, 1.165) is 17.5 Å². The zero-order valence-corrected chi connectivity index (χ0v) is 16.8. The van der Waals surface area contributed by atoms with Gasteiger partial charge in [0.1, 0.15) is 11.4 Å². The molecule has 1 aliphatic heterocycles. The topological polar surface area (TPSA) is 70.7 Å². The van der Waals surface area contributed by atoms with Crippen LogP contribution in [0.5, 0.6) is 0 Å². The van der Waals surface area contributed by atoms with Crippen molar-refractivity contribution >= 4 is 12.1 Å². The smallest absolute Gasteiger partial charge is 0.407 e. The number of nitrogens with one attached hydrogen (secondary N) is 2. The standard InChI is InChI=1S/C23H24FN3O3/c1-25-21(29)30-23-12-22(13-23,14-23)26-20(28)27-11-10-15-4-2-3-5-18(15)19(27)16-6-8-17(24)9-7-16/h2-9,19H,10-14H2,1H3,(H,25,29)(H,26,28)/t19-,22?,23?/m0/s1. The normalized spacial score (nSPS) is 28.5. The Morgan fingerprint density at radius 1 is 1.10 bits per heavy atom. The number of benzene rings is 2. The predicted molar refractivity (Wildman–Crippen MR) is 108 cm³/mol. The number of carbonyl (C=O) groups is 2. The van der Waals surface area contributed by atoms with E-state index in [0.29, 0.717) is 25.8 Å². The molecule has 3 amide bonds. The molecule has 0 saturated heterocycles. The summed E-state index contributed by atoms with van der Waals surface area (Å²) in [5.74, 6) is -0.297. The van der Waals surface area contributed by atoms with E-state index in [1.807, 2.05) is 23.1 Å². The van der Waals surface area contributed by atoms with E-state index in [-0.39, 0.29) is 23.4 Å². The highest BCUT2D eigenvalue weighted by Gasteiger charge is 2.71. The lowest BCUT2D eigenvalue weighted by Gasteiger charge is -2.68. The van der Waals surface area contributed by atoms with Gasteiger partial charge in [-0.15, -0.1) is 0 Å². The third-order valence-electron chi connectivity index (χ3n) is 6.60. The molecule has 3 aliphatic carbocycles. The first kappa shape index (κ1) is 18.9. The van der Waals surface area contributed by atoms with Gasteiger partial charge < -0.3 is 20.3 Å². The zero-order valence-electron chi connectivity index (χ0n) is 16.8. The summed E-state index contributed by atoms with van der Waals surface area (Å²) in [5.41, 5.74) is 2.44. The van der Waals surface area contributed by atoms with Gasteiger partial charge in [0.2, 0.25) is 0 Å². The van der Waals surface area contributed by atoms with Crippen LogP contribution in [-0.4, -0.2) is 41.8 Å². The number of hydrogen-bond acceptors (Lipinski definition) is 3. The van der Waals surface area contributed by atoms with Crippen LogP contribution in [0.25, 0.3) is 0 Å². The molecule has 2 aromatic carbocycles. The minimum Gasteiger partial charge on any atom is -0.443 e. The Hall–Kier alpha value is -3.09. The van der Waals surface area contributed by atoms with Gasteiger partial charge in [0, 0.05) is 32.9 Å². The number of nitrogens with zero attached hydrogens (tertiary/aromatic N) is 1. The average Bonchev–Trinajstić information content (AvgIpc) is 2.71. The molecule has 0 unspecified atom stereocenters. The van der Waals surface area contributed by atoms with E-state index in [1.165, 1.54) is 24.7 Å². The highest BCUT2D eigenvalue weighted by atomic mass is 19.1. The summed E-state index contributed by atoms with van der Waals surface area (Å²) < 4.78 is 18.9. The first-order valence-electron chi connectivity index (χ1n) is 10.3. The third-order valence-corrected chi connectivity index (χ3v) is 6.60. The number of rotatable bonds is 3. The maximum Gasteiger partial charge on any atom is 0.407 e. The highest BCUT2D eigenvalue weighted by Crippen LogP contribution is 2.62. The van der Waals surface area contributed by atoms with E-state index in [9.17, 15) is 14.0 Å². The van der Waals surface area contributed by atoms with Crippen molar-refractivity contribution in [2.75, 3.05) is 13.6 Å². The molecular formula is C23H24FN3O3. The molecule has 1 heterocycles. The van der Waals surface area contributed by atoms with Crippen molar-refractivity contribution in [3.05, 3.63) is 71.0 Å². The summed E-state index contributed by atoms with van der Waals surface area (Å²) in [6, 6.07) is 14.1. The minimum absolute atomic E-state index is 0.132. The molecular weight excluding hydrogens is 385 g/mol. The molecule has 7 heteroatoms. The molecule has 0 aromatic heterocycles. The van der Waals surface area contributed by atoms with Crippen LogP contribution < -0.4 is 10.6 Å². The molecule has 2 N–H and O–H groups in total. The molecule has 30 heavy (non-hydrogen) atoms. The molecule has 156 valence electrons. The van der Waals surface area contributed by atoms with Gasteiger partial charge in [0.15, 0.2) is 0 Å². The lowest BCUT2D eigenvalue weighted by Crippen LogP contribution is -2.80. The van der Waals surface area contributed by atoms with Crippen molar-refractivity contribution in [1.29, 1.82) is 0 Å². The first-order chi connectivity index (χ1) is 14.4. The second-order valence-corrected chi connectivity index (χ2v) is 8.66. The van der Waals surface area contributed by atoms with E-state index < -0.39 is 11.7 Å². The maximum absolute atomic E-state index is 13.5. The SMILES string of the molecule is CNC(=O)OC12CC(NC(=O)N3CCc4ccccc4[C@@H]3c3ccc(F)cc3)(C1)C2. The summed E-state index contributed by atoms with van der Waals surface area (Å²) in [4.78, 5) is 26.6. The van der Waals surface area contributed by atoms with Gasteiger partial charge in [0.05, 0.1) is 11.6 Å². The van der Waals surface area contributed by atoms with Crippen molar-refractivity contribution < 1.29 is 18.7 Å². The molecule has 6 rings (SSSR count). The lowest BCUT2D eigenvalue weighted by molar-refractivity contribution is -0.214. The Kier molecular flexibility index (Phi) is 4.24. The molecule has 1 atom stereocenters. The van der Waals surface area contributed by atoms with Gasteiger partial charge in [-0.25, -0.2) is 14.0 Å². The molecule has 4 aliphatic rings. The van der Waals surface area contributed by atoms with Crippen LogP contribution in [0.4, 0.5) is 14.0 Å². The Morgan fingerprint density at radius 2 is 1.80 bits per heavy atom. The Balaban J connectivity index is 1.35. The molecule has 0 spiro atoms. The average molecular weight is 409 g/mol. The maximum atomic E-state index is 13.5. The van der Waals surface area contributed by atoms with Crippen molar-refractivity contribution in [2.45, 2.75) is 42.9 Å². The zero-order chi connectivity index (χ0) is 20.9. The number of fused-ring (bicyclic) bond motifs is 1. The van der Waals surface area contributed by atoms with Crippen LogP contribution in [0.2, 0.25) is 0 Å². The second kappa shape index (κ2) is 6.72. The van der Waals surface area contributed by atoms with Crippen molar-refractivity contribution in [3.63, 3.8) is 0 Å². The second-order valence-electron chi connectivity index (χ2n) is 8.66. The first-order valence-corrected chi connectivity index (χ1v) is 10.3. The number of carbonyl (C=O) groups excluding carboxylic acids is 2. The Bertz CT molecular complexity index is 987. The molecule has 2 aromatic rings. The number of ether oxygens (including phenoxy) is 1. The lowest BCUT2D eigenvalue weighted by atomic mass is 9.46. The Labute approximate surface area is 174 Å². The summed E-state index contributed by atoms with van der Waals surface area (Å²) in [5, 5.41) is 5.66. The van der Waals surface area contributed by atoms with Gasteiger partial charge in [-0.05, 0) is 35.2 Å². The van der Waals surface area contributed by atoms with E-state index in [4.69, 9.17) is 4.74 Å². The largest absolute Gasteiger partial charge is 0.443 e. The van der Waals surface area contributed by atoms with Crippen LogP contribution in [0.15, 0.2) is 48.5 Å². The monoisotopic (exact) mass is 409 g/mol. The number of alkyl carbamates (subject to hydrolysis) is 1. The molecule has 0 radical (unpaired) electrons. The fourth-order valence-corrected chi connectivity index (χ4v) is 5.27. The van der Waals surface area contributed by atoms with Crippen LogP contribution in [-0.2, 0) is 11.2 Å². The summed E-state index contributed by atoms with van der Waals surface area (Å²) in [6.07, 6.45) is 2.27. The van der Waals surface area contributed by atoms with Crippen molar-refractivity contribution in [1.82, 2.24) is 15.5 Å². The van der Waals surface area contributed by atoms with Crippen LogP contribution >= 0.6 is 0 Å². The van der Waals surface area contributed by atoms with Gasteiger partial charge in [-0.3, -0.25) is 0 Å². The van der Waals surface area contributed by atoms with Crippen molar-refractivity contribution in [2.24, 2.45) is 0 Å². The third kappa shape index (κ3) is 3.00. The number of amides is 3. The molecule has 3 saturated carbocycles. The van der Waals surface area contributed by atoms with Crippen molar-refractivity contribution in [3.8, 4) is 0 Å². The summed E-state index contributed by atoms with van der Waals surface area (Å²) in [6.45, 7) is 0.584. The predicted octanol–water partition coefficient (Wildman–Crippen LogP) is 3.51. The van der Waals surface area contributed by atoms with E-state index in [2.05, 4.69) is 16.7 Å². The number of hydrogen-bond donors (Lipinski definition) is 2. The molecule has 6 nitrogen and oxygen atoms in total. The molecule has 2 bridgehead atoms. The van der Waals surface area contributed by atoms with E-state index in [1.54, 1.807) is 12.1 Å². The number of halogens is 1. The van der Waals surface area contributed by atoms with Gasteiger partial charge in [0.25, 0.3) is 0 Å². The van der Waals surface area contributed by atoms with Crippen LogP contribution in [0.1, 0.15) is 42.0 Å². The highest BCUT2D eigenvalue weighted by molar-refractivity contribution is 5.78. The fourth-order valence-electron chi connectivity index (χ4n) is 5.27. The van der Waals surface area contributed by atoms with Gasteiger partial charge in [-0.2, -0.15) is 0 Å². The minimum atomic E-state index is -0.432. The quantitative estimate of drug-likeness (QED) is 0.815. The van der Waals surface area contributed by atoms with Gasteiger partial charge in [-0.1, -0.05) is 36.4 Å². The molecule has 3 fully saturated rings. The number of urea groups is 1. The van der Waals surface area contributed by atoms with Crippen LogP contribution in [0.3, 0.4) is 0 Å². The summed E-state index contributed by atoms with van der Waals surface area (Å²) in [7, 11) is 1.54.